The smallest absolute Gasteiger partial charge is 0.170 e. The number of hydrogen-bond donors (Lipinski definition) is 1. The molecule has 168 valence electrons. The van der Waals surface area contributed by atoms with Gasteiger partial charge >= 0.3 is 0 Å². The first kappa shape index (κ1) is 20.4. The van der Waals surface area contributed by atoms with Crippen LogP contribution < -0.4 is 9.47 Å². The van der Waals surface area contributed by atoms with Crippen molar-refractivity contribution in [2.45, 2.75) is 5.60 Å². The highest BCUT2D eigenvalue weighted by atomic mass is 79.9. The summed E-state index contributed by atoms with van der Waals surface area (Å²) < 4.78 is 13.1. The van der Waals surface area contributed by atoms with Crippen molar-refractivity contribution in [1.82, 2.24) is 4.98 Å². The first-order valence-corrected chi connectivity index (χ1v) is 12.1. The molecule has 0 bridgehead atoms. The number of ether oxygens (including phenoxy) is 2. The van der Waals surface area contributed by atoms with Crippen LogP contribution in [0.25, 0.3) is 22.3 Å². The van der Waals surface area contributed by atoms with Crippen molar-refractivity contribution in [1.29, 1.82) is 0 Å². The minimum Gasteiger partial charge on any atom is -0.450 e. The zero-order valence-corrected chi connectivity index (χ0v) is 20.0. The molecule has 1 N–H and O–H groups in total. The Labute approximate surface area is 210 Å². The van der Waals surface area contributed by atoms with E-state index in [2.05, 4.69) is 20.9 Å². The van der Waals surface area contributed by atoms with Gasteiger partial charge in [-0.2, -0.15) is 0 Å². The van der Waals surface area contributed by atoms with Crippen LogP contribution in [0.4, 0.5) is 0 Å². The molecule has 0 amide bonds. The summed E-state index contributed by atoms with van der Waals surface area (Å²) in [6.07, 6.45) is 3.53. The van der Waals surface area contributed by atoms with E-state index in [1.54, 1.807) is 12.4 Å². The van der Waals surface area contributed by atoms with Gasteiger partial charge in [-0.1, -0.05) is 64.5 Å². The van der Waals surface area contributed by atoms with E-state index in [9.17, 15) is 5.11 Å². The minimum absolute atomic E-state index is 0.639. The van der Waals surface area contributed by atoms with Crippen molar-refractivity contribution in [3.63, 3.8) is 0 Å². The standard InChI is InChI=1S/C30H18BrNO3/c31-19-10-11-21-22-13-14-32-17-25(22)30(33,24(21)16-19)23-6-2-1-5-20(23)18-9-12-28-29(15-18)35-27-8-4-3-7-26(27)34-28/h1-17,33H. The van der Waals surface area contributed by atoms with Crippen LogP contribution in [0, 0.1) is 0 Å². The zero-order valence-electron chi connectivity index (χ0n) is 18.4. The molecule has 5 aromatic rings. The molecule has 2 aliphatic rings. The van der Waals surface area contributed by atoms with Gasteiger partial charge in [-0.15, -0.1) is 0 Å². The van der Waals surface area contributed by atoms with Gasteiger partial charge in [0, 0.05) is 33.6 Å². The van der Waals surface area contributed by atoms with E-state index < -0.39 is 5.60 Å². The summed E-state index contributed by atoms with van der Waals surface area (Å²) in [5.74, 6) is 2.67. The Bertz CT molecular complexity index is 1650. The Hall–Kier alpha value is -3.93. The van der Waals surface area contributed by atoms with Gasteiger partial charge in [-0.25, -0.2) is 0 Å². The van der Waals surface area contributed by atoms with Crippen molar-refractivity contribution in [2.24, 2.45) is 0 Å². The highest BCUT2D eigenvalue weighted by Gasteiger charge is 2.44. The first-order valence-electron chi connectivity index (χ1n) is 11.3. The third-order valence-electron chi connectivity index (χ3n) is 6.73. The van der Waals surface area contributed by atoms with E-state index in [4.69, 9.17) is 9.47 Å². The third kappa shape index (κ3) is 2.99. The second-order valence-electron chi connectivity index (χ2n) is 8.68. The van der Waals surface area contributed by atoms with Crippen molar-refractivity contribution < 1.29 is 14.6 Å². The van der Waals surface area contributed by atoms with Gasteiger partial charge in [-0.3, -0.25) is 4.98 Å². The second kappa shape index (κ2) is 7.54. The summed E-state index contributed by atoms with van der Waals surface area (Å²) >= 11 is 3.59. The number of fused-ring (bicyclic) bond motifs is 5. The molecule has 1 aromatic heterocycles. The summed E-state index contributed by atoms with van der Waals surface area (Å²) in [5, 5.41) is 12.5. The van der Waals surface area contributed by atoms with Crippen LogP contribution in [0.5, 0.6) is 23.0 Å². The third-order valence-corrected chi connectivity index (χ3v) is 7.23. The predicted molar refractivity (Wildman–Crippen MR) is 138 cm³/mol. The second-order valence-corrected chi connectivity index (χ2v) is 9.60. The maximum atomic E-state index is 12.5. The molecule has 0 saturated heterocycles. The molecular weight excluding hydrogens is 502 g/mol. The lowest BCUT2D eigenvalue weighted by Gasteiger charge is -2.29. The van der Waals surface area contributed by atoms with Gasteiger partial charge in [0.15, 0.2) is 23.0 Å². The molecule has 35 heavy (non-hydrogen) atoms. The Kier molecular flexibility index (Phi) is 4.40. The predicted octanol–water partition coefficient (Wildman–Crippen LogP) is 7.67. The average Bonchev–Trinajstić information content (AvgIpc) is 3.16. The fourth-order valence-corrected chi connectivity index (χ4v) is 5.51. The van der Waals surface area contributed by atoms with Crippen molar-refractivity contribution in [2.75, 3.05) is 0 Å². The lowest BCUT2D eigenvalue weighted by molar-refractivity contribution is 0.131. The average molecular weight is 520 g/mol. The number of rotatable bonds is 2. The molecule has 0 saturated carbocycles. The highest BCUT2D eigenvalue weighted by molar-refractivity contribution is 9.10. The summed E-state index contributed by atoms with van der Waals surface area (Å²) in [7, 11) is 0. The Morgan fingerprint density at radius 2 is 1.34 bits per heavy atom. The zero-order chi connectivity index (χ0) is 23.6. The van der Waals surface area contributed by atoms with E-state index in [0.717, 1.165) is 43.4 Å². The van der Waals surface area contributed by atoms with Gasteiger partial charge in [0.1, 0.15) is 5.60 Å². The number of benzene rings is 4. The number of nitrogens with zero attached hydrogens (tertiary/aromatic N) is 1. The van der Waals surface area contributed by atoms with E-state index >= 15 is 0 Å². The largest absolute Gasteiger partial charge is 0.450 e. The molecule has 5 heteroatoms. The van der Waals surface area contributed by atoms with Crippen LogP contribution in [-0.4, -0.2) is 10.1 Å². The maximum absolute atomic E-state index is 12.5. The molecule has 4 nitrogen and oxygen atoms in total. The molecule has 0 spiro atoms. The molecule has 0 fully saturated rings. The molecule has 1 unspecified atom stereocenters. The topological polar surface area (TPSA) is 51.6 Å². The number of aromatic nitrogens is 1. The molecule has 1 aliphatic carbocycles. The summed E-state index contributed by atoms with van der Waals surface area (Å²) in [6, 6.07) is 29.4. The fourth-order valence-electron chi connectivity index (χ4n) is 5.15. The molecule has 0 radical (unpaired) electrons. The van der Waals surface area contributed by atoms with E-state index in [1.165, 1.54) is 0 Å². The summed E-state index contributed by atoms with van der Waals surface area (Å²) in [6.45, 7) is 0. The Morgan fingerprint density at radius 1 is 0.629 bits per heavy atom. The monoisotopic (exact) mass is 519 g/mol. The van der Waals surface area contributed by atoms with Gasteiger partial charge in [0.25, 0.3) is 0 Å². The Balaban J connectivity index is 1.42. The van der Waals surface area contributed by atoms with E-state index in [1.807, 2.05) is 91.0 Å². The van der Waals surface area contributed by atoms with Crippen molar-refractivity contribution in [3.05, 3.63) is 125 Å². The number of para-hydroxylation sites is 2. The van der Waals surface area contributed by atoms with Crippen LogP contribution in [-0.2, 0) is 5.60 Å². The highest BCUT2D eigenvalue weighted by Crippen LogP contribution is 2.54. The van der Waals surface area contributed by atoms with Gasteiger partial charge < -0.3 is 14.6 Å². The molecule has 4 aromatic carbocycles. The number of pyridine rings is 1. The van der Waals surface area contributed by atoms with Gasteiger partial charge in [0.2, 0.25) is 0 Å². The lowest BCUT2D eigenvalue weighted by atomic mass is 9.80. The SMILES string of the molecule is OC1(c2ccccc2-c2ccc3c(c2)Oc2ccccc2O3)c2cnccc2-c2ccc(Br)cc21. The van der Waals surface area contributed by atoms with Crippen LogP contribution in [0.3, 0.4) is 0 Å². The van der Waals surface area contributed by atoms with E-state index in [-0.39, 0.29) is 0 Å². The molecule has 1 atom stereocenters. The molecule has 2 heterocycles. The van der Waals surface area contributed by atoms with Gasteiger partial charge in [0.05, 0.1) is 0 Å². The van der Waals surface area contributed by atoms with Crippen LogP contribution in [0.15, 0.2) is 108 Å². The van der Waals surface area contributed by atoms with Crippen LogP contribution in [0.1, 0.15) is 16.7 Å². The number of hydrogen-bond acceptors (Lipinski definition) is 4. The normalized spacial score (nSPS) is 16.9. The van der Waals surface area contributed by atoms with Gasteiger partial charge in [-0.05, 0) is 64.7 Å². The number of aliphatic hydroxyl groups is 1. The fraction of sp³-hybridized carbons (Fsp3) is 0.0333. The van der Waals surface area contributed by atoms with Crippen LogP contribution in [0.2, 0.25) is 0 Å². The quantitative estimate of drug-likeness (QED) is 0.255. The minimum atomic E-state index is -1.36. The molecular formula is C30H18BrNO3. The first-order chi connectivity index (χ1) is 17.1. The van der Waals surface area contributed by atoms with E-state index in [0.29, 0.717) is 23.0 Å². The Morgan fingerprint density at radius 3 is 2.20 bits per heavy atom. The number of halogens is 1. The van der Waals surface area contributed by atoms with Crippen molar-refractivity contribution >= 4 is 15.9 Å². The molecule has 7 rings (SSSR count). The maximum Gasteiger partial charge on any atom is 0.170 e. The summed E-state index contributed by atoms with van der Waals surface area (Å²) in [5.41, 5.74) is 4.83. The van der Waals surface area contributed by atoms with Crippen molar-refractivity contribution in [3.8, 4) is 45.3 Å². The van der Waals surface area contributed by atoms with Crippen LogP contribution >= 0.6 is 15.9 Å². The summed E-state index contributed by atoms with van der Waals surface area (Å²) in [4.78, 5) is 4.36. The lowest BCUT2D eigenvalue weighted by Crippen LogP contribution is -2.27. The molecule has 1 aliphatic heterocycles.